The lowest BCUT2D eigenvalue weighted by molar-refractivity contribution is -0.385. The third-order valence-electron chi connectivity index (χ3n) is 2.53. The van der Waals surface area contributed by atoms with Crippen LogP contribution in [0.4, 0.5) is 10.1 Å². The molecular weight excluding hydrogens is 265 g/mol. The van der Waals surface area contributed by atoms with Gasteiger partial charge in [0.15, 0.2) is 11.6 Å². The molecule has 2 aromatic rings. The zero-order valence-electron chi connectivity index (χ0n) is 10.3. The molecule has 100 valence electrons. The second-order valence-electron chi connectivity index (χ2n) is 3.93. The van der Waals surface area contributed by atoms with Gasteiger partial charge in [0.2, 0.25) is 5.88 Å². The molecule has 0 amide bonds. The SMILES string of the molecule is Cc1cc(Oc2ccc(C#N)cc2F)ncc1[N+](=O)[O-]. The fourth-order valence-electron chi connectivity index (χ4n) is 1.54. The Morgan fingerprint density at radius 2 is 2.20 bits per heavy atom. The summed E-state index contributed by atoms with van der Waals surface area (Å²) in [4.78, 5) is 13.8. The Kier molecular flexibility index (Phi) is 3.57. The van der Waals surface area contributed by atoms with Crippen LogP contribution in [0, 0.1) is 34.2 Å². The molecule has 20 heavy (non-hydrogen) atoms. The molecule has 0 saturated carbocycles. The number of aromatic nitrogens is 1. The van der Waals surface area contributed by atoms with Gasteiger partial charge in [-0.3, -0.25) is 10.1 Å². The maximum absolute atomic E-state index is 13.6. The van der Waals surface area contributed by atoms with Gasteiger partial charge in [-0.25, -0.2) is 9.37 Å². The number of pyridine rings is 1. The third-order valence-corrected chi connectivity index (χ3v) is 2.53. The number of benzene rings is 1. The number of hydrogen-bond acceptors (Lipinski definition) is 5. The van der Waals surface area contributed by atoms with Crippen LogP contribution >= 0.6 is 0 Å². The van der Waals surface area contributed by atoms with Gasteiger partial charge in [-0.2, -0.15) is 5.26 Å². The average molecular weight is 273 g/mol. The number of halogens is 1. The molecule has 0 saturated heterocycles. The molecule has 1 heterocycles. The van der Waals surface area contributed by atoms with Crippen LogP contribution in [0.2, 0.25) is 0 Å². The number of nitriles is 1. The van der Waals surface area contributed by atoms with Crippen LogP contribution in [0.25, 0.3) is 0 Å². The predicted molar refractivity (Wildman–Crippen MR) is 66.8 cm³/mol. The zero-order valence-corrected chi connectivity index (χ0v) is 10.3. The normalized spacial score (nSPS) is 9.85. The van der Waals surface area contributed by atoms with E-state index >= 15 is 0 Å². The standard InChI is InChI=1S/C13H8FN3O3/c1-8-4-13(16-7-11(8)17(18)19)20-12-3-2-9(6-15)5-10(12)14/h2-5,7H,1H3. The van der Waals surface area contributed by atoms with E-state index in [0.717, 1.165) is 12.3 Å². The van der Waals surface area contributed by atoms with Crippen LogP contribution in [0.5, 0.6) is 11.6 Å². The number of hydrogen-bond donors (Lipinski definition) is 0. The minimum atomic E-state index is -0.707. The molecule has 1 aromatic carbocycles. The molecule has 0 radical (unpaired) electrons. The second kappa shape index (κ2) is 5.32. The van der Waals surface area contributed by atoms with Crippen LogP contribution in [0.1, 0.15) is 11.1 Å². The quantitative estimate of drug-likeness (QED) is 0.633. The van der Waals surface area contributed by atoms with Crippen molar-refractivity contribution in [3.63, 3.8) is 0 Å². The van der Waals surface area contributed by atoms with E-state index < -0.39 is 10.7 Å². The molecule has 7 heteroatoms. The minimum Gasteiger partial charge on any atom is -0.436 e. The summed E-state index contributed by atoms with van der Waals surface area (Å²) in [5.74, 6) is -0.775. The summed E-state index contributed by atoms with van der Waals surface area (Å²) in [5.41, 5.74) is 0.384. The van der Waals surface area contributed by atoms with Gasteiger partial charge in [-0.15, -0.1) is 0 Å². The highest BCUT2D eigenvalue weighted by atomic mass is 19.1. The van der Waals surface area contributed by atoms with Crippen molar-refractivity contribution in [2.45, 2.75) is 6.92 Å². The molecule has 0 unspecified atom stereocenters. The number of ether oxygens (including phenoxy) is 1. The van der Waals surface area contributed by atoms with Crippen molar-refractivity contribution in [2.24, 2.45) is 0 Å². The first-order chi connectivity index (χ1) is 9.51. The molecule has 0 atom stereocenters. The summed E-state index contributed by atoms with van der Waals surface area (Å²) in [7, 11) is 0. The number of nitrogens with zero attached hydrogens (tertiary/aromatic N) is 3. The molecule has 0 N–H and O–H groups in total. The van der Waals surface area contributed by atoms with Crippen molar-refractivity contribution in [3.8, 4) is 17.7 Å². The molecule has 0 fully saturated rings. The van der Waals surface area contributed by atoms with Crippen LogP contribution < -0.4 is 4.74 Å². The first-order valence-corrected chi connectivity index (χ1v) is 5.50. The van der Waals surface area contributed by atoms with Crippen LogP contribution in [-0.4, -0.2) is 9.91 Å². The van der Waals surface area contributed by atoms with Gasteiger partial charge >= 0.3 is 0 Å². The van der Waals surface area contributed by atoms with Crippen molar-refractivity contribution in [2.75, 3.05) is 0 Å². The Hall–Kier alpha value is -3.01. The summed E-state index contributed by atoms with van der Waals surface area (Å²) < 4.78 is 18.8. The smallest absolute Gasteiger partial charge is 0.290 e. The van der Waals surface area contributed by atoms with E-state index in [9.17, 15) is 14.5 Å². The number of nitro groups is 1. The van der Waals surface area contributed by atoms with Gasteiger partial charge < -0.3 is 4.74 Å². The van der Waals surface area contributed by atoms with Crippen molar-refractivity contribution >= 4 is 5.69 Å². The average Bonchev–Trinajstić information content (AvgIpc) is 2.40. The summed E-state index contributed by atoms with van der Waals surface area (Å²) >= 11 is 0. The summed E-state index contributed by atoms with van der Waals surface area (Å²) in [6.45, 7) is 1.53. The number of rotatable bonds is 3. The Balaban J connectivity index is 2.29. The fourth-order valence-corrected chi connectivity index (χ4v) is 1.54. The highest BCUT2D eigenvalue weighted by Crippen LogP contribution is 2.26. The van der Waals surface area contributed by atoms with Crippen LogP contribution in [-0.2, 0) is 0 Å². The molecule has 1 aromatic heterocycles. The van der Waals surface area contributed by atoms with Crippen LogP contribution in [0.3, 0.4) is 0 Å². The minimum absolute atomic E-state index is 0.0386. The molecular formula is C13H8FN3O3. The monoisotopic (exact) mass is 273 g/mol. The topological polar surface area (TPSA) is 89.0 Å². The van der Waals surface area contributed by atoms with E-state index in [1.54, 1.807) is 6.07 Å². The van der Waals surface area contributed by atoms with Crippen molar-refractivity contribution in [1.82, 2.24) is 4.98 Å². The molecule has 0 aliphatic heterocycles. The van der Waals surface area contributed by atoms with E-state index in [2.05, 4.69) is 4.98 Å². The Labute approximate surface area is 113 Å². The molecule has 6 nitrogen and oxygen atoms in total. The molecule has 0 aliphatic rings. The van der Waals surface area contributed by atoms with Crippen molar-refractivity contribution in [1.29, 1.82) is 5.26 Å². The first kappa shape index (κ1) is 13.4. The summed E-state index contributed by atoms with van der Waals surface area (Å²) in [5, 5.41) is 19.3. The summed E-state index contributed by atoms with van der Waals surface area (Å²) in [6.07, 6.45) is 1.05. The maximum Gasteiger partial charge on any atom is 0.290 e. The molecule has 0 aliphatic carbocycles. The Bertz CT molecular complexity index is 725. The second-order valence-corrected chi connectivity index (χ2v) is 3.93. The number of aryl methyl sites for hydroxylation is 1. The summed E-state index contributed by atoms with van der Waals surface area (Å²) in [6, 6.07) is 6.88. The van der Waals surface area contributed by atoms with E-state index in [1.165, 1.54) is 25.1 Å². The molecule has 0 bridgehead atoms. The van der Waals surface area contributed by atoms with E-state index in [4.69, 9.17) is 10.00 Å². The molecule has 0 spiro atoms. The van der Waals surface area contributed by atoms with Gasteiger partial charge in [-0.05, 0) is 25.1 Å². The molecule has 2 rings (SSSR count). The van der Waals surface area contributed by atoms with Gasteiger partial charge in [-0.1, -0.05) is 0 Å². The largest absolute Gasteiger partial charge is 0.436 e. The lowest BCUT2D eigenvalue weighted by Crippen LogP contribution is -1.96. The maximum atomic E-state index is 13.6. The lowest BCUT2D eigenvalue weighted by atomic mass is 10.2. The van der Waals surface area contributed by atoms with Crippen LogP contribution in [0.15, 0.2) is 30.5 Å². The zero-order chi connectivity index (χ0) is 14.7. The lowest BCUT2D eigenvalue weighted by Gasteiger charge is -2.06. The predicted octanol–water partition coefficient (Wildman–Crippen LogP) is 3.10. The van der Waals surface area contributed by atoms with E-state index in [-0.39, 0.29) is 22.9 Å². The van der Waals surface area contributed by atoms with Gasteiger partial charge in [0.25, 0.3) is 5.69 Å². The van der Waals surface area contributed by atoms with E-state index in [0.29, 0.717) is 5.56 Å². The Morgan fingerprint density at radius 1 is 1.45 bits per heavy atom. The fraction of sp³-hybridized carbons (Fsp3) is 0.0769. The van der Waals surface area contributed by atoms with Gasteiger partial charge in [0, 0.05) is 11.6 Å². The highest BCUT2D eigenvalue weighted by Gasteiger charge is 2.13. The van der Waals surface area contributed by atoms with Crippen molar-refractivity contribution < 1.29 is 14.1 Å². The van der Waals surface area contributed by atoms with E-state index in [1.807, 2.05) is 0 Å². The van der Waals surface area contributed by atoms with Gasteiger partial charge in [0.1, 0.15) is 6.20 Å². The van der Waals surface area contributed by atoms with Crippen molar-refractivity contribution in [3.05, 3.63) is 57.5 Å². The first-order valence-electron chi connectivity index (χ1n) is 5.50. The highest BCUT2D eigenvalue weighted by molar-refractivity contribution is 5.42. The Morgan fingerprint density at radius 3 is 2.75 bits per heavy atom. The third kappa shape index (κ3) is 2.70. The van der Waals surface area contributed by atoms with Gasteiger partial charge in [0.05, 0.1) is 16.6 Å².